The Kier molecular flexibility index (Phi) is 14.8. The van der Waals surface area contributed by atoms with Gasteiger partial charge in [0, 0.05) is 32.0 Å². The molecule has 2 aliphatic heterocycles. The maximum Gasteiger partial charge on any atom is 0.410 e. The van der Waals surface area contributed by atoms with Crippen molar-refractivity contribution in [2.24, 2.45) is 11.7 Å². The number of nitrogens with zero attached hydrogens (tertiary/aromatic N) is 4. The van der Waals surface area contributed by atoms with Gasteiger partial charge < -0.3 is 34.1 Å². The first-order valence-corrected chi connectivity index (χ1v) is 20.2. The minimum Gasteiger partial charge on any atom is -0.469 e. The van der Waals surface area contributed by atoms with Gasteiger partial charge in [-0.2, -0.15) is 0 Å². The molecule has 4 aromatic rings. The molecular formula is C46H59N5O8. The first-order valence-electron chi connectivity index (χ1n) is 20.2. The highest BCUT2D eigenvalue weighted by Gasteiger charge is 2.45. The lowest BCUT2D eigenvalue weighted by molar-refractivity contribution is -0.150. The number of likely N-dealkylation sites (tertiary alicyclic amines) is 1. The molecule has 0 bridgehead atoms. The van der Waals surface area contributed by atoms with Gasteiger partial charge in [0.05, 0.1) is 50.2 Å². The summed E-state index contributed by atoms with van der Waals surface area (Å²) in [5.41, 5.74) is 6.91. The summed E-state index contributed by atoms with van der Waals surface area (Å²) in [6, 6.07) is 29.3. The van der Waals surface area contributed by atoms with E-state index in [1.807, 2.05) is 116 Å². The monoisotopic (exact) mass is 809 g/mol. The second-order valence-electron chi connectivity index (χ2n) is 16.8. The molecule has 13 nitrogen and oxygen atoms in total. The molecule has 2 unspecified atom stereocenters. The van der Waals surface area contributed by atoms with Crippen LogP contribution in [0.3, 0.4) is 0 Å². The standard InChI is InChI=1S/C28H34N4O4.C18H25NO4/c1-28(2,29)23(33)16-21(18-36-17-19-10-6-4-7-11-19)25-30-31-26-24(20-12-8-5-9-13-20)22(27(34)35-3)14-15-32(25)26;1-17(2,3)23-16(21)19-12-10-18(11-13-19,15(20)22-4)14-8-6-5-7-9-14/h4-13,21-22,24H,14-18,29H2,1-3H3;5-9H,10-13H2,1-4H3/t21-,22?,24?;/m1./s1. The molecule has 13 heteroatoms. The van der Waals surface area contributed by atoms with E-state index in [4.69, 9.17) is 24.7 Å². The van der Waals surface area contributed by atoms with Crippen LogP contribution in [0.25, 0.3) is 0 Å². The molecule has 0 radical (unpaired) electrons. The van der Waals surface area contributed by atoms with E-state index >= 15 is 0 Å². The maximum absolute atomic E-state index is 12.9. The highest BCUT2D eigenvalue weighted by atomic mass is 16.6. The number of fused-ring (bicyclic) bond motifs is 1. The quantitative estimate of drug-likeness (QED) is 0.119. The van der Waals surface area contributed by atoms with Crippen LogP contribution in [0.2, 0.25) is 0 Å². The summed E-state index contributed by atoms with van der Waals surface area (Å²) in [5.74, 6) is -0.173. The van der Waals surface area contributed by atoms with Crippen LogP contribution in [0.4, 0.5) is 4.79 Å². The molecule has 1 aromatic heterocycles. The molecule has 3 heterocycles. The summed E-state index contributed by atoms with van der Waals surface area (Å²) in [4.78, 5) is 51.9. The molecule has 59 heavy (non-hydrogen) atoms. The van der Waals surface area contributed by atoms with Crippen molar-refractivity contribution >= 4 is 23.8 Å². The lowest BCUT2D eigenvalue weighted by Gasteiger charge is -2.40. The largest absolute Gasteiger partial charge is 0.469 e. The third kappa shape index (κ3) is 11.2. The molecular weight excluding hydrogens is 751 g/mol. The lowest BCUT2D eigenvalue weighted by atomic mass is 9.73. The normalized spacial score (nSPS) is 18.0. The highest BCUT2D eigenvalue weighted by Crippen LogP contribution is 2.40. The van der Waals surface area contributed by atoms with Gasteiger partial charge >= 0.3 is 18.0 Å². The molecule has 1 fully saturated rings. The summed E-state index contributed by atoms with van der Waals surface area (Å²) >= 11 is 0. The Bertz CT molecular complexity index is 2000. The first kappa shape index (κ1) is 44.7. The molecule has 0 saturated carbocycles. The third-order valence-electron chi connectivity index (χ3n) is 10.9. The van der Waals surface area contributed by atoms with Crippen LogP contribution in [-0.4, -0.2) is 88.5 Å². The van der Waals surface area contributed by atoms with Gasteiger partial charge in [0.2, 0.25) is 0 Å². The van der Waals surface area contributed by atoms with Crippen LogP contribution in [0.5, 0.6) is 0 Å². The number of methoxy groups -OCH3 is 2. The van der Waals surface area contributed by atoms with Gasteiger partial charge in [0.1, 0.15) is 17.2 Å². The minimum absolute atomic E-state index is 0.0731. The Morgan fingerprint density at radius 1 is 0.814 bits per heavy atom. The van der Waals surface area contributed by atoms with Crippen LogP contribution >= 0.6 is 0 Å². The molecule has 1 amide bonds. The predicted octanol–water partition coefficient (Wildman–Crippen LogP) is 6.73. The van der Waals surface area contributed by atoms with Crippen molar-refractivity contribution in [3.8, 4) is 0 Å². The Balaban J connectivity index is 0.000000248. The molecule has 2 N–H and O–H groups in total. The lowest BCUT2D eigenvalue weighted by Crippen LogP contribution is -2.50. The Morgan fingerprint density at radius 2 is 1.41 bits per heavy atom. The van der Waals surface area contributed by atoms with Crippen LogP contribution in [0, 0.1) is 5.92 Å². The molecule has 316 valence electrons. The number of Topliss-reactive ketones (excluding diaryl/α,β-unsaturated/α-hetero) is 1. The number of ketones is 1. The average Bonchev–Trinajstić information content (AvgIpc) is 3.67. The van der Waals surface area contributed by atoms with E-state index in [2.05, 4.69) is 10.2 Å². The van der Waals surface area contributed by atoms with Crippen LogP contribution in [0.15, 0.2) is 91.0 Å². The molecule has 6 rings (SSSR count). The smallest absolute Gasteiger partial charge is 0.410 e. The van der Waals surface area contributed by atoms with Crippen molar-refractivity contribution in [1.29, 1.82) is 0 Å². The van der Waals surface area contributed by atoms with Crippen LogP contribution < -0.4 is 5.73 Å². The Morgan fingerprint density at radius 3 is 1.97 bits per heavy atom. The zero-order valence-corrected chi connectivity index (χ0v) is 35.4. The van der Waals surface area contributed by atoms with E-state index in [-0.39, 0.29) is 48.0 Å². The van der Waals surface area contributed by atoms with E-state index in [0.29, 0.717) is 63.8 Å². The van der Waals surface area contributed by atoms with Crippen molar-refractivity contribution in [3.63, 3.8) is 0 Å². The van der Waals surface area contributed by atoms with Crippen LogP contribution in [-0.2, 0) is 51.9 Å². The van der Waals surface area contributed by atoms with E-state index in [9.17, 15) is 19.2 Å². The average molecular weight is 810 g/mol. The van der Waals surface area contributed by atoms with Crippen molar-refractivity contribution in [3.05, 3.63) is 119 Å². The number of carbonyl (C=O) groups excluding carboxylic acids is 4. The summed E-state index contributed by atoms with van der Waals surface area (Å²) < 4.78 is 23.7. The number of ether oxygens (including phenoxy) is 4. The topological polar surface area (TPSA) is 165 Å². The van der Waals surface area contributed by atoms with Crippen molar-refractivity contribution in [2.75, 3.05) is 33.9 Å². The number of hydrogen-bond donors (Lipinski definition) is 1. The van der Waals surface area contributed by atoms with E-state index in [1.165, 1.54) is 14.2 Å². The maximum atomic E-state index is 12.9. The SMILES string of the molecule is COC(=O)C1(c2ccccc2)CCN(C(=O)OC(C)(C)C)CC1.COC(=O)C1CCn2c(nnc2[C@@H](COCc2ccccc2)CC(=O)C(C)(C)N)C1c1ccccc1. The van der Waals surface area contributed by atoms with Gasteiger partial charge in [0.15, 0.2) is 5.78 Å². The van der Waals surface area contributed by atoms with Crippen LogP contribution in [0.1, 0.15) is 100 Å². The summed E-state index contributed by atoms with van der Waals surface area (Å²) in [6.45, 7) is 11.2. The van der Waals surface area contributed by atoms with Gasteiger partial charge in [-0.3, -0.25) is 14.4 Å². The Hall–Kier alpha value is -5.40. The number of nitrogens with two attached hydrogens (primary N) is 1. The second kappa shape index (κ2) is 19.6. The number of aromatic nitrogens is 3. The van der Waals surface area contributed by atoms with E-state index in [0.717, 1.165) is 16.7 Å². The van der Waals surface area contributed by atoms with Gasteiger partial charge in [0.25, 0.3) is 0 Å². The van der Waals surface area contributed by atoms with Gasteiger partial charge in [-0.25, -0.2) is 4.79 Å². The number of esters is 2. The van der Waals surface area contributed by atoms with Crippen molar-refractivity contribution in [2.45, 2.75) is 102 Å². The highest BCUT2D eigenvalue weighted by molar-refractivity contribution is 5.88. The van der Waals surface area contributed by atoms with E-state index in [1.54, 1.807) is 18.7 Å². The number of hydrogen-bond acceptors (Lipinski definition) is 11. The molecule has 3 atom stereocenters. The molecule has 2 aliphatic rings. The van der Waals surface area contributed by atoms with Crippen molar-refractivity contribution in [1.82, 2.24) is 19.7 Å². The zero-order chi connectivity index (χ0) is 42.8. The first-order chi connectivity index (χ1) is 28.1. The number of carbonyl (C=O) groups is 4. The summed E-state index contributed by atoms with van der Waals surface area (Å²) in [6.07, 6.45) is 1.50. The number of benzene rings is 3. The van der Waals surface area contributed by atoms with Gasteiger partial charge in [-0.15, -0.1) is 10.2 Å². The fraction of sp³-hybridized carbons (Fsp3) is 0.478. The predicted molar refractivity (Wildman–Crippen MR) is 222 cm³/mol. The number of amides is 1. The fourth-order valence-electron chi connectivity index (χ4n) is 7.72. The molecule has 0 aliphatic carbocycles. The third-order valence-corrected chi connectivity index (χ3v) is 10.9. The molecule has 3 aromatic carbocycles. The molecule has 0 spiro atoms. The van der Waals surface area contributed by atoms with Gasteiger partial charge in [-0.05, 0) is 70.6 Å². The summed E-state index contributed by atoms with van der Waals surface area (Å²) in [7, 11) is 2.82. The zero-order valence-electron chi connectivity index (χ0n) is 35.4. The molecule has 1 saturated heterocycles. The number of rotatable bonds is 12. The number of piperidine rings is 1. The Labute approximate surface area is 347 Å². The minimum atomic E-state index is -0.967. The second-order valence-corrected chi connectivity index (χ2v) is 16.8. The van der Waals surface area contributed by atoms with Gasteiger partial charge in [-0.1, -0.05) is 91.0 Å². The fourth-order valence-corrected chi connectivity index (χ4v) is 7.72. The van der Waals surface area contributed by atoms with Crippen molar-refractivity contribution < 1.29 is 38.1 Å². The summed E-state index contributed by atoms with van der Waals surface area (Å²) in [5, 5.41) is 9.09. The van der Waals surface area contributed by atoms with E-state index < -0.39 is 16.6 Å².